The Hall–Kier alpha value is -3.44. The van der Waals surface area contributed by atoms with Crippen molar-refractivity contribution in [3.63, 3.8) is 0 Å². The minimum Gasteiger partial charge on any atom is -0.337 e. The van der Waals surface area contributed by atoms with Gasteiger partial charge in [-0.2, -0.15) is 0 Å². The number of aliphatic imine (C=N–C) groups is 1. The lowest BCUT2D eigenvalue weighted by Gasteiger charge is -2.41. The van der Waals surface area contributed by atoms with Gasteiger partial charge in [0.05, 0.1) is 6.04 Å². The molecule has 0 radical (unpaired) electrons. The van der Waals surface area contributed by atoms with Crippen molar-refractivity contribution in [1.29, 1.82) is 0 Å². The van der Waals surface area contributed by atoms with Crippen LogP contribution < -0.4 is 0 Å². The number of carbonyl (C=O) groups is 3. The molecule has 2 unspecified atom stereocenters. The van der Waals surface area contributed by atoms with Gasteiger partial charge in [-0.3, -0.25) is 14.4 Å². The van der Waals surface area contributed by atoms with Gasteiger partial charge in [0.1, 0.15) is 16.5 Å². The molecule has 2 aromatic rings. The predicted octanol–water partition coefficient (Wildman–Crippen LogP) is 6.71. The Kier molecular flexibility index (Phi) is 9.41. The van der Waals surface area contributed by atoms with E-state index in [9.17, 15) is 23.2 Å². The van der Waals surface area contributed by atoms with Gasteiger partial charge in [-0.1, -0.05) is 50.6 Å². The zero-order valence-corrected chi connectivity index (χ0v) is 29.7. The monoisotopic (exact) mass is 697 g/mol. The van der Waals surface area contributed by atoms with Gasteiger partial charge in [0.25, 0.3) is 5.91 Å². The fourth-order valence-corrected chi connectivity index (χ4v) is 9.35. The molecule has 8 nitrogen and oxygen atoms in total. The third-order valence-electron chi connectivity index (χ3n) is 10.3. The van der Waals surface area contributed by atoms with Gasteiger partial charge in [0, 0.05) is 49.4 Å². The molecule has 2 fully saturated rings. The zero-order chi connectivity index (χ0) is 34.7. The van der Waals surface area contributed by atoms with Crippen molar-refractivity contribution in [2.75, 3.05) is 19.6 Å². The van der Waals surface area contributed by atoms with E-state index in [2.05, 4.69) is 4.90 Å². The van der Waals surface area contributed by atoms with Gasteiger partial charge in [-0.05, 0) is 86.2 Å². The molecule has 4 aliphatic rings. The van der Waals surface area contributed by atoms with Crippen molar-refractivity contribution in [2.45, 2.75) is 90.5 Å². The van der Waals surface area contributed by atoms with E-state index in [4.69, 9.17) is 16.6 Å². The summed E-state index contributed by atoms with van der Waals surface area (Å²) in [7, 11) is 0. The van der Waals surface area contributed by atoms with Crippen LogP contribution >= 0.6 is 23.4 Å². The van der Waals surface area contributed by atoms with Crippen LogP contribution in [0.15, 0.2) is 58.1 Å². The Bertz CT molecular complexity index is 1700. The molecule has 12 heteroatoms. The van der Waals surface area contributed by atoms with Crippen LogP contribution in [0.1, 0.15) is 78.0 Å². The molecule has 256 valence electrons. The maximum atomic E-state index is 14.8. The number of nitrogens with zero attached hydrogens (tertiary/aromatic N) is 5. The lowest BCUT2D eigenvalue weighted by atomic mass is 9.81. The quantitative estimate of drug-likeness (QED) is 0.336. The van der Waals surface area contributed by atoms with Crippen LogP contribution in [0, 0.1) is 17.6 Å². The molecule has 0 aromatic heterocycles. The molecule has 4 aliphatic heterocycles. The molecule has 2 aromatic carbocycles. The molecule has 2 saturated heterocycles. The number of likely N-dealkylation sites (tertiary alicyclic amines) is 1. The predicted molar refractivity (Wildman–Crippen MR) is 184 cm³/mol. The van der Waals surface area contributed by atoms with E-state index < -0.39 is 29.3 Å². The molecular weight excluding hydrogens is 656 g/mol. The standard InChI is InChI=1S/C36H42ClF2N5O3S/c1-7-26-13-15-29(33(46)41-16-17-42(22(5)45)21(4)19-41)43(26)34(47)31-30(20(2)3)44-32(23-8-11-25(37)12-9-23)36(6,40-35(44)48-31)24-10-14-27(38)28(39)18-24/h8-12,14,18,20-21,26,29,32H,7,13,15-17,19H2,1-6H3/t21-,26?,29?,32-,36+/m1/s1. The molecule has 0 spiro atoms. The van der Waals surface area contributed by atoms with Crippen LogP contribution in [0.2, 0.25) is 5.02 Å². The van der Waals surface area contributed by atoms with Gasteiger partial charge >= 0.3 is 0 Å². The van der Waals surface area contributed by atoms with Crippen LogP contribution in [0.5, 0.6) is 0 Å². The van der Waals surface area contributed by atoms with Gasteiger partial charge < -0.3 is 19.6 Å². The summed E-state index contributed by atoms with van der Waals surface area (Å²) in [5.41, 5.74) is 1.13. The number of benzene rings is 2. The van der Waals surface area contributed by atoms with E-state index in [1.165, 1.54) is 17.8 Å². The molecule has 0 bridgehead atoms. The third kappa shape index (κ3) is 5.80. The Balaban J connectivity index is 1.38. The highest BCUT2D eigenvalue weighted by Crippen LogP contribution is 2.56. The molecule has 3 amide bonds. The number of hydrogen-bond acceptors (Lipinski definition) is 6. The summed E-state index contributed by atoms with van der Waals surface area (Å²) in [6.45, 7) is 12.8. The maximum Gasteiger partial charge on any atom is 0.263 e. The molecule has 5 atom stereocenters. The number of amidine groups is 1. The van der Waals surface area contributed by atoms with E-state index in [1.54, 1.807) is 39.8 Å². The minimum absolute atomic E-state index is 0.00856. The number of allylic oxidation sites excluding steroid dienone is 1. The van der Waals surface area contributed by atoms with Crippen LogP contribution in [0.25, 0.3) is 0 Å². The second kappa shape index (κ2) is 13.1. The Morgan fingerprint density at radius 3 is 2.38 bits per heavy atom. The van der Waals surface area contributed by atoms with E-state index in [0.29, 0.717) is 53.1 Å². The lowest BCUT2D eigenvalue weighted by Crippen LogP contribution is -2.58. The first-order valence-electron chi connectivity index (χ1n) is 16.7. The first-order valence-corrected chi connectivity index (χ1v) is 17.9. The highest BCUT2D eigenvalue weighted by molar-refractivity contribution is 8.18. The van der Waals surface area contributed by atoms with Gasteiger partial charge in [-0.25, -0.2) is 13.8 Å². The number of carbonyl (C=O) groups excluding carboxylic acids is 3. The number of amides is 3. The maximum absolute atomic E-state index is 14.8. The highest BCUT2D eigenvalue weighted by atomic mass is 35.5. The number of thioether (sulfide) groups is 1. The second-order valence-corrected chi connectivity index (χ2v) is 15.1. The van der Waals surface area contributed by atoms with Crippen molar-refractivity contribution in [2.24, 2.45) is 10.9 Å². The number of fused-ring (bicyclic) bond motifs is 1. The van der Waals surface area contributed by atoms with Gasteiger partial charge in [-0.15, -0.1) is 0 Å². The van der Waals surface area contributed by atoms with E-state index >= 15 is 0 Å². The van der Waals surface area contributed by atoms with Gasteiger partial charge in [0.15, 0.2) is 16.8 Å². The van der Waals surface area contributed by atoms with Crippen molar-refractivity contribution in [1.82, 2.24) is 19.6 Å². The molecular formula is C36H42ClF2N5O3S. The lowest BCUT2D eigenvalue weighted by molar-refractivity contribution is -0.147. The number of piperazine rings is 1. The van der Waals surface area contributed by atoms with Crippen LogP contribution in [-0.4, -0.2) is 80.2 Å². The van der Waals surface area contributed by atoms with Gasteiger partial charge in [0.2, 0.25) is 11.8 Å². The van der Waals surface area contributed by atoms with Crippen LogP contribution in [0.4, 0.5) is 8.78 Å². The SMILES string of the molecule is CCC1CCC(C(=O)N2CCN(C(C)=O)[C@H](C)C2)N1C(=O)C1=C(C(C)C)N2C(=N[C@@](C)(c3ccc(F)c(F)c3)[C@H]2c2ccc(Cl)cc2)S1. The normalized spacial score (nSPS) is 27.2. The Morgan fingerprint density at radius 2 is 1.77 bits per heavy atom. The Labute approximate surface area is 290 Å². The Morgan fingerprint density at radius 1 is 1.06 bits per heavy atom. The zero-order valence-electron chi connectivity index (χ0n) is 28.2. The summed E-state index contributed by atoms with van der Waals surface area (Å²) < 4.78 is 28.7. The molecule has 0 aliphatic carbocycles. The fourth-order valence-electron chi connectivity index (χ4n) is 7.88. The number of hydrogen-bond donors (Lipinski definition) is 0. The summed E-state index contributed by atoms with van der Waals surface area (Å²) in [5.74, 6) is -2.27. The molecule has 0 saturated carbocycles. The van der Waals surface area contributed by atoms with E-state index in [1.807, 2.05) is 46.8 Å². The fraction of sp³-hybridized carbons (Fsp3) is 0.500. The molecule has 0 N–H and O–H groups in total. The summed E-state index contributed by atoms with van der Waals surface area (Å²) >= 11 is 7.56. The van der Waals surface area contributed by atoms with Crippen molar-refractivity contribution >= 4 is 46.3 Å². The highest BCUT2D eigenvalue weighted by Gasteiger charge is 2.55. The average molecular weight is 698 g/mol. The van der Waals surface area contributed by atoms with E-state index in [-0.39, 0.29) is 35.7 Å². The summed E-state index contributed by atoms with van der Waals surface area (Å²) in [6, 6.07) is 9.98. The van der Waals surface area contributed by atoms with Crippen molar-refractivity contribution in [3.05, 3.63) is 80.9 Å². The summed E-state index contributed by atoms with van der Waals surface area (Å²) in [4.78, 5) is 54.1. The smallest absolute Gasteiger partial charge is 0.263 e. The number of halogens is 3. The average Bonchev–Trinajstić information content (AvgIpc) is 3.72. The first kappa shape index (κ1) is 34.4. The molecule has 6 rings (SSSR count). The minimum atomic E-state index is -1.02. The topological polar surface area (TPSA) is 76.5 Å². The third-order valence-corrected chi connectivity index (χ3v) is 11.6. The second-order valence-electron chi connectivity index (χ2n) is 13.7. The summed E-state index contributed by atoms with van der Waals surface area (Å²) in [6.07, 6.45) is 2.01. The summed E-state index contributed by atoms with van der Waals surface area (Å²) in [5, 5.41) is 1.16. The van der Waals surface area contributed by atoms with Crippen LogP contribution in [0.3, 0.4) is 0 Å². The molecule has 48 heavy (non-hydrogen) atoms. The van der Waals surface area contributed by atoms with Crippen molar-refractivity contribution in [3.8, 4) is 0 Å². The first-order chi connectivity index (χ1) is 22.8. The van der Waals surface area contributed by atoms with Crippen LogP contribution in [-0.2, 0) is 19.9 Å². The molecule has 4 heterocycles. The van der Waals surface area contributed by atoms with E-state index in [0.717, 1.165) is 23.7 Å². The van der Waals surface area contributed by atoms with Crippen molar-refractivity contribution < 1.29 is 23.2 Å². The number of rotatable bonds is 6. The largest absolute Gasteiger partial charge is 0.337 e.